The first kappa shape index (κ1) is 17.5. The standard InChI is InChI=1S/C22H26O4/c1-4-22(26-13(2)23)10-8-19-17-12-20(25)18-11-14(24)5-6-15(18)16(17)7-9-21(19,22)3/h1,11,15-17,19H,5-10,12H2,2-3H3/t15-,16-,17-,19+,21+,22+/m1/s1. The smallest absolute Gasteiger partial charge is 0.304 e. The van der Waals surface area contributed by atoms with Gasteiger partial charge in [0.25, 0.3) is 0 Å². The SMILES string of the molecule is C#C[C@]1(OC(C)=O)CC[C@H]2[C@@H]3CC(=O)C4=CC(=O)CC[C@@H]4[C@H]3CC[C@@]21C. The number of fused-ring (bicyclic) bond motifs is 5. The zero-order valence-electron chi connectivity index (χ0n) is 15.5. The summed E-state index contributed by atoms with van der Waals surface area (Å²) in [5.41, 5.74) is -0.358. The Hall–Kier alpha value is -1.89. The van der Waals surface area contributed by atoms with E-state index in [0.29, 0.717) is 31.1 Å². The lowest BCUT2D eigenvalue weighted by Gasteiger charge is -2.54. The van der Waals surface area contributed by atoms with Gasteiger partial charge in [0.05, 0.1) is 0 Å². The third kappa shape index (κ3) is 2.25. The normalized spacial score (nSPS) is 44.3. The van der Waals surface area contributed by atoms with E-state index in [-0.39, 0.29) is 34.8 Å². The van der Waals surface area contributed by atoms with Crippen LogP contribution in [0.3, 0.4) is 0 Å². The maximum Gasteiger partial charge on any atom is 0.304 e. The fourth-order valence-electron chi connectivity index (χ4n) is 6.66. The first-order valence-electron chi connectivity index (χ1n) is 9.76. The molecule has 0 spiro atoms. The van der Waals surface area contributed by atoms with Crippen molar-refractivity contribution in [1.29, 1.82) is 0 Å². The van der Waals surface area contributed by atoms with Crippen molar-refractivity contribution in [2.24, 2.45) is 29.1 Å². The molecule has 0 unspecified atom stereocenters. The summed E-state index contributed by atoms with van der Waals surface area (Å²) in [4.78, 5) is 36.3. The van der Waals surface area contributed by atoms with Crippen molar-refractivity contribution < 1.29 is 19.1 Å². The Balaban J connectivity index is 1.69. The van der Waals surface area contributed by atoms with Crippen molar-refractivity contribution in [2.45, 2.75) is 64.4 Å². The molecule has 4 nitrogen and oxygen atoms in total. The van der Waals surface area contributed by atoms with E-state index < -0.39 is 5.60 Å². The number of allylic oxidation sites excluding steroid dienone is 1. The molecular weight excluding hydrogens is 328 g/mol. The zero-order chi connectivity index (χ0) is 18.7. The molecule has 0 heterocycles. The van der Waals surface area contributed by atoms with Crippen molar-refractivity contribution in [3.63, 3.8) is 0 Å². The summed E-state index contributed by atoms with van der Waals surface area (Å²) in [6.45, 7) is 3.57. The first-order valence-corrected chi connectivity index (χ1v) is 9.76. The van der Waals surface area contributed by atoms with Crippen LogP contribution in [-0.4, -0.2) is 23.1 Å². The minimum absolute atomic E-state index is 0.0887. The van der Waals surface area contributed by atoms with Crippen molar-refractivity contribution in [3.05, 3.63) is 11.6 Å². The van der Waals surface area contributed by atoms with Gasteiger partial charge in [-0.25, -0.2) is 0 Å². The molecule has 0 aromatic heterocycles. The molecular formula is C22H26O4. The number of esters is 1. The second-order valence-electron chi connectivity index (χ2n) is 8.83. The van der Waals surface area contributed by atoms with Crippen molar-refractivity contribution in [3.8, 4) is 12.3 Å². The predicted molar refractivity (Wildman–Crippen MR) is 95.8 cm³/mol. The molecule has 0 bridgehead atoms. The molecule has 0 amide bonds. The summed E-state index contributed by atoms with van der Waals surface area (Å²) in [7, 11) is 0. The molecule has 3 fully saturated rings. The molecule has 138 valence electrons. The second kappa shape index (κ2) is 5.81. The van der Waals surface area contributed by atoms with Gasteiger partial charge >= 0.3 is 5.97 Å². The molecule has 0 aliphatic heterocycles. The van der Waals surface area contributed by atoms with Gasteiger partial charge in [0.2, 0.25) is 0 Å². The average molecular weight is 354 g/mol. The van der Waals surface area contributed by atoms with E-state index in [0.717, 1.165) is 31.3 Å². The Kier molecular flexibility index (Phi) is 3.91. The minimum atomic E-state index is -0.851. The van der Waals surface area contributed by atoms with E-state index in [9.17, 15) is 14.4 Å². The van der Waals surface area contributed by atoms with Crippen molar-refractivity contribution in [2.75, 3.05) is 0 Å². The number of ketones is 2. The van der Waals surface area contributed by atoms with Crippen LogP contribution < -0.4 is 0 Å². The van der Waals surface area contributed by atoms with Crippen LogP contribution in [0.4, 0.5) is 0 Å². The highest BCUT2D eigenvalue weighted by molar-refractivity contribution is 6.05. The van der Waals surface area contributed by atoms with Crippen LogP contribution in [-0.2, 0) is 19.1 Å². The van der Waals surface area contributed by atoms with Crippen LogP contribution in [0.25, 0.3) is 0 Å². The van der Waals surface area contributed by atoms with E-state index in [4.69, 9.17) is 11.2 Å². The van der Waals surface area contributed by atoms with Gasteiger partial charge in [-0.05, 0) is 61.9 Å². The van der Waals surface area contributed by atoms with Gasteiger partial charge in [-0.1, -0.05) is 12.8 Å². The molecule has 4 aliphatic rings. The monoisotopic (exact) mass is 354 g/mol. The molecule has 0 aromatic carbocycles. The first-order chi connectivity index (χ1) is 12.3. The number of terminal acetylenes is 1. The maximum absolute atomic E-state index is 12.8. The molecule has 0 N–H and O–H groups in total. The summed E-state index contributed by atoms with van der Waals surface area (Å²) in [5, 5.41) is 0. The summed E-state index contributed by atoms with van der Waals surface area (Å²) in [6.07, 6.45) is 12.8. The quantitative estimate of drug-likeness (QED) is 0.536. The van der Waals surface area contributed by atoms with Crippen molar-refractivity contribution in [1.82, 2.24) is 0 Å². The van der Waals surface area contributed by atoms with Crippen LogP contribution in [0.5, 0.6) is 0 Å². The van der Waals surface area contributed by atoms with E-state index in [1.165, 1.54) is 6.92 Å². The predicted octanol–water partition coefficient (Wildman–Crippen LogP) is 3.24. The highest BCUT2D eigenvalue weighted by Gasteiger charge is 2.64. The number of hydrogen-bond acceptors (Lipinski definition) is 4. The minimum Gasteiger partial charge on any atom is -0.445 e. The van der Waals surface area contributed by atoms with Crippen LogP contribution in [0.2, 0.25) is 0 Å². The molecule has 4 aliphatic carbocycles. The Morgan fingerprint density at radius 3 is 2.69 bits per heavy atom. The summed E-state index contributed by atoms with van der Waals surface area (Å²) < 4.78 is 5.73. The highest BCUT2D eigenvalue weighted by atomic mass is 16.6. The molecule has 4 heteroatoms. The van der Waals surface area contributed by atoms with Gasteiger partial charge in [0.15, 0.2) is 17.2 Å². The van der Waals surface area contributed by atoms with Gasteiger partial charge < -0.3 is 4.74 Å². The average Bonchev–Trinajstić information content (AvgIpc) is 2.88. The Morgan fingerprint density at radius 2 is 2.00 bits per heavy atom. The second-order valence-corrected chi connectivity index (χ2v) is 8.83. The number of rotatable bonds is 1. The summed E-state index contributed by atoms with van der Waals surface area (Å²) in [6, 6.07) is 0. The molecule has 3 saturated carbocycles. The highest BCUT2D eigenvalue weighted by Crippen LogP contribution is 2.65. The Morgan fingerprint density at radius 1 is 1.23 bits per heavy atom. The number of Topliss-reactive ketones (excluding diaryl/α,β-unsaturated/α-hetero) is 1. The zero-order valence-corrected chi connectivity index (χ0v) is 15.5. The third-order valence-corrected chi connectivity index (χ3v) is 7.84. The van der Waals surface area contributed by atoms with E-state index in [1.54, 1.807) is 6.08 Å². The van der Waals surface area contributed by atoms with Crippen LogP contribution in [0.15, 0.2) is 11.6 Å². The lowest BCUT2D eigenvalue weighted by atomic mass is 9.50. The molecule has 26 heavy (non-hydrogen) atoms. The lowest BCUT2D eigenvalue weighted by molar-refractivity contribution is -0.168. The van der Waals surface area contributed by atoms with E-state index >= 15 is 0 Å². The van der Waals surface area contributed by atoms with E-state index in [1.807, 2.05) is 0 Å². The molecule has 4 rings (SSSR count). The number of ether oxygens (including phenoxy) is 1. The van der Waals surface area contributed by atoms with E-state index in [2.05, 4.69) is 12.8 Å². The Labute approximate surface area is 154 Å². The number of carbonyl (C=O) groups is 3. The third-order valence-electron chi connectivity index (χ3n) is 7.84. The molecule has 0 radical (unpaired) electrons. The van der Waals surface area contributed by atoms with Crippen LogP contribution in [0.1, 0.15) is 58.8 Å². The Bertz CT molecular complexity index is 757. The number of carbonyl (C=O) groups excluding carboxylic acids is 3. The molecule has 0 aromatic rings. The fourth-order valence-corrected chi connectivity index (χ4v) is 6.66. The molecule has 6 atom stereocenters. The van der Waals surface area contributed by atoms with Gasteiger partial charge in [0, 0.05) is 30.8 Å². The lowest BCUT2D eigenvalue weighted by Crippen LogP contribution is -2.54. The topological polar surface area (TPSA) is 60.4 Å². The van der Waals surface area contributed by atoms with Crippen LogP contribution in [0, 0.1) is 41.4 Å². The van der Waals surface area contributed by atoms with Crippen molar-refractivity contribution >= 4 is 17.5 Å². The van der Waals surface area contributed by atoms with Gasteiger partial charge in [0.1, 0.15) is 0 Å². The number of hydrogen-bond donors (Lipinski definition) is 0. The summed E-state index contributed by atoms with van der Waals surface area (Å²) in [5.74, 6) is 3.96. The maximum atomic E-state index is 12.8. The molecule has 0 saturated heterocycles. The fraction of sp³-hybridized carbons (Fsp3) is 0.682. The largest absolute Gasteiger partial charge is 0.445 e. The van der Waals surface area contributed by atoms with Crippen LogP contribution >= 0.6 is 0 Å². The summed E-state index contributed by atoms with van der Waals surface area (Å²) >= 11 is 0. The van der Waals surface area contributed by atoms with Gasteiger partial charge in [-0.15, -0.1) is 6.42 Å². The van der Waals surface area contributed by atoms with Gasteiger partial charge in [-0.3, -0.25) is 14.4 Å². The van der Waals surface area contributed by atoms with Gasteiger partial charge in [-0.2, -0.15) is 0 Å².